The molecular formula is C16H17N3O. The monoisotopic (exact) mass is 267 g/mol. The van der Waals surface area contributed by atoms with Gasteiger partial charge in [0.1, 0.15) is 12.0 Å². The van der Waals surface area contributed by atoms with Gasteiger partial charge in [0.2, 0.25) is 0 Å². The molecule has 0 unspecified atom stereocenters. The molecule has 0 bridgehead atoms. The highest BCUT2D eigenvalue weighted by atomic mass is 16.1. The molecule has 0 fully saturated rings. The van der Waals surface area contributed by atoms with E-state index in [1.54, 1.807) is 0 Å². The van der Waals surface area contributed by atoms with Gasteiger partial charge in [0.15, 0.2) is 0 Å². The molecule has 1 amide bonds. The molecule has 0 spiro atoms. The molecule has 0 saturated heterocycles. The Labute approximate surface area is 118 Å². The number of benzene rings is 1. The van der Waals surface area contributed by atoms with E-state index >= 15 is 0 Å². The fraction of sp³-hybridized carbons (Fsp3) is 0.312. The Hall–Kier alpha value is -2.23. The summed E-state index contributed by atoms with van der Waals surface area (Å²) in [6, 6.07) is 9.89. The molecule has 0 radical (unpaired) electrons. The third kappa shape index (κ3) is 2.69. The SMILES string of the molecule is O=C(NCc1ccccc1)c1ncnc2c1CCCC2. The average Bonchev–Trinajstić information content (AvgIpc) is 2.53. The van der Waals surface area contributed by atoms with Gasteiger partial charge in [-0.1, -0.05) is 30.3 Å². The lowest BCUT2D eigenvalue weighted by Gasteiger charge is -2.16. The van der Waals surface area contributed by atoms with Gasteiger partial charge in [-0.25, -0.2) is 9.97 Å². The van der Waals surface area contributed by atoms with Crippen LogP contribution in [0.4, 0.5) is 0 Å². The highest BCUT2D eigenvalue weighted by Gasteiger charge is 2.19. The predicted octanol–water partition coefficient (Wildman–Crippen LogP) is 2.29. The van der Waals surface area contributed by atoms with Crippen molar-refractivity contribution >= 4 is 5.91 Å². The van der Waals surface area contributed by atoms with E-state index in [2.05, 4.69) is 15.3 Å². The second-order valence-electron chi connectivity index (χ2n) is 5.02. The average molecular weight is 267 g/mol. The molecule has 4 heteroatoms. The van der Waals surface area contributed by atoms with Crippen molar-refractivity contribution in [2.75, 3.05) is 0 Å². The molecule has 3 rings (SSSR count). The van der Waals surface area contributed by atoms with Crippen LogP contribution in [-0.4, -0.2) is 15.9 Å². The Balaban J connectivity index is 1.74. The Kier molecular flexibility index (Phi) is 3.72. The Bertz CT molecular complexity index is 610. The highest BCUT2D eigenvalue weighted by molar-refractivity contribution is 5.93. The zero-order chi connectivity index (χ0) is 13.8. The second-order valence-corrected chi connectivity index (χ2v) is 5.02. The minimum atomic E-state index is -0.102. The van der Waals surface area contributed by atoms with Crippen LogP contribution < -0.4 is 5.32 Å². The first-order valence-electron chi connectivity index (χ1n) is 6.99. The Morgan fingerprint density at radius 3 is 2.75 bits per heavy atom. The Morgan fingerprint density at radius 1 is 1.10 bits per heavy atom. The summed E-state index contributed by atoms with van der Waals surface area (Å²) in [5, 5.41) is 2.94. The third-order valence-electron chi connectivity index (χ3n) is 3.64. The van der Waals surface area contributed by atoms with Crippen molar-refractivity contribution in [2.24, 2.45) is 0 Å². The van der Waals surface area contributed by atoms with Crippen LogP contribution in [0.1, 0.15) is 40.2 Å². The van der Waals surface area contributed by atoms with Gasteiger partial charge in [-0.05, 0) is 31.2 Å². The van der Waals surface area contributed by atoms with Crippen LogP contribution in [0.25, 0.3) is 0 Å². The maximum atomic E-state index is 12.3. The van der Waals surface area contributed by atoms with Gasteiger partial charge >= 0.3 is 0 Å². The number of nitrogens with zero attached hydrogens (tertiary/aromatic N) is 2. The second kappa shape index (κ2) is 5.82. The largest absolute Gasteiger partial charge is 0.347 e. The van der Waals surface area contributed by atoms with E-state index in [0.717, 1.165) is 42.5 Å². The summed E-state index contributed by atoms with van der Waals surface area (Å²) in [7, 11) is 0. The quantitative estimate of drug-likeness (QED) is 0.928. The third-order valence-corrected chi connectivity index (χ3v) is 3.64. The van der Waals surface area contributed by atoms with Crippen LogP contribution in [0, 0.1) is 0 Å². The fourth-order valence-electron chi connectivity index (χ4n) is 2.58. The van der Waals surface area contributed by atoms with Gasteiger partial charge in [-0.2, -0.15) is 0 Å². The van der Waals surface area contributed by atoms with Gasteiger partial charge in [0.05, 0.1) is 0 Å². The van der Waals surface area contributed by atoms with Crippen LogP contribution in [-0.2, 0) is 19.4 Å². The van der Waals surface area contributed by atoms with Crippen molar-refractivity contribution in [3.63, 3.8) is 0 Å². The topological polar surface area (TPSA) is 54.9 Å². The number of aromatic nitrogens is 2. The number of aryl methyl sites for hydroxylation is 1. The summed E-state index contributed by atoms with van der Waals surface area (Å²) < 4.78 is 0. The van der Waals surface area contributed by atoms with E-state index in [0.29, 0.717) is 12.2 Å². The molecule has 1 aromatic carbocycles. The summed E-state index contributed by atoms with van der Waals surface area (Å²) in [6.07, 6.45) is 5.62. The van der Waals surface area contributed by atoms with Crippen molar-refractivity contribution in [3.05, 3.63) is 59.2 Å². The van der Waals surface area contributed by atoms with E-state index in [-0.39, 0.29) is 5.91 Å². The van der Waals surface area contributed by atoms with Crippen LogP contribution in [0.3, 0.4) is 0 Å². The standard InChI is InChI=1S/C16H17N3O/c20-16(17-10-12-6-2-1-3-7-12)15-13-8-4-5-9-14(13)18-11-19-15/h1-3,6-7,11H,4-5,8-10H2,(H,17,20). The number of rotatable bonds is 3. The number of amides is 1. The minimum absolute atomic E-state index is 0.102. The van der Waals surface area contributed by atoms with E-state index in [1.807, 2.05) is 30.3 Å². The number of nitrogens with one attached hydrogen (secondary N) is 1. The summed E-state index contributed by atoms with van der Waals surface area (Å²) in [5.41, 5.74) is 3.70. The first kappa shape index (κ1) is 12.8. The molecular weight excluding hydrogens is 250 g/mol. The van der Waals surface area contributed by atoms with Crippen molar-refractivity contribution in [1.29, 1.82) is 0 Å². The van der Waals surface area contributed by atoms with Crippen molar-refractivity contribution in [2.45, 2.75) is 32.2 Å². The molecule has 1 heterocycles. The van der Waals surface area contributed by atoms with Crippen LogP contribution in [0.2, 0.25) is 0 Å². The molecule has 0 atom stereocenters. The van der Waals surface area contributed by atoms with Crippen molar-refractivity contribution < 1.29 is 4.79 Å². The molecule has 1 aliphatic rings. The zero-order valence-electron chi connectivity index (χ0n) is 11.3. The lowest BCUT2D eigenvalue weighted by molar-refractivity contribution is 0.0944. The molecule has 20 heavy (non-hydrogen) atoms. The summed E-state index contributed by atoms with van der Waals surface area (Å²) in [5.74, 6) is -0.102. The first-order valence-corrected chi connectivity index (χ1v) is 6.99. The zero-order valence-corrected chi connectivity index (χ0v) is 11.3. The maximum Gasteiger partial charge on any atom is 0.270 e. The number of fused-ring (bicyclic) bond motifs is 1. The smallest absolute Gasteiger partial charge is 0.270 e. The van der Waals surface area contributed by atoms with Crippen LogP contribution in [0.5, 0.6) is 0 Å². The highest BCUT2D eigenvalue weighted by Crippen LogP contribution is 2.21. The lowest BCUT2D eigenvalue weighted by Crippen LogP contribution is -2.26. The van der Waals surface area contributed by atoms with E-state index in [9.17, 15) is 4.79 Å². The van der Waals surface area contributed by atoms with Gasteiger partial charge in [0, 0.05) is 17.8 Å². The minimum Gasteiger partial charge on any atom is -0.347 e. The van der Waals surface area contributed by atoms with Gasteiger partial charge in [0.25, 0.3) is 5.91 Å². The Morgan fingerprint density at radius 2 is 1.90 bits per heavy atom. The molecule has 0 saturated carbocycles. The molecule has 0 aliphatic heterocycles. The molecule has 1 aliphatic carbocycles. The molecule has 1 N–H and O–H groups in total. The molecule has 2 aromatic rings. The first-order chi connectivity index (χ1) is 9.84. The van der Waals surface area contributed by atoms with Gasteiger partial charge in [-0.3, -0.25) is 4.79 Å². The number of carbonyl (C=O) groups is 1. The molecule has 4 nitrogen and oxygen atoms in total. The maximum absolute atomic E-state index is 12.3. The number of carbonyl (C=O) groups excluding carboxylic acids is 1. The number of hydrogen-bond acceptors (Lipinski definition) is 3. The fourth-order valence-corrected chi connectivity index (χ4v) is 2.58. The predicted molar refractivity (Wildman–Crippen MR) is 76.3 cm³/mol. The van der Waals surface area contributed by atoms with Crippen LogP contribution >= 0.6 is 0 Å². The van der Waals surface area contributed by atoms with Gasteiger partial charge < -0.3 is 5.32 Å². The lowest BCUT2D eigenvalue weighted by atomic mass is 9.94. The number of hydrogen-bond donors (Lipinski definition) is 1. The van der Waals surface area contributed by atoms with Crippen molar-refractivity contribution in [1.82, 2.24) is 15.3 Å². The van der Waals surface area contributed by atoms with E-state index < -0.39 is 0 Å². The molecule has 1 aromatic heterocycles. The molecule has 102 valence electrons. The van der Waals surface area contributed by atoms with Crippen LogP contribution in [0.15, 0.2) is 36.7 Å². The van der Waals surface area contributed by atoms with E-state index in [4.69, 9.17) is 0 Å². The summed E-state index contributed by atoms with van der Waals surface area (Å²) in [6.45, 7) is 0.526. The summed E-state index contributed by atoms with van der Waals surface area (Å²) in [4.78, 5) is 20.8. The normalized spacial score (nSPS) is 13.6. The summed E-state index contributed by atoms with van der Waals surface area (Å²) >= 11 is 0. The van der Waals surface area contributed by atoms with Crippen molar-refractivity contribution in [3.8, 4) is 0 Å². The van der Waals surface area contributed by atoms with E-state index in [1.165, 1.54) is 6.33 Å². The van der Waals surface area contributed by atoms with Gasteiger partial charge in [-0.15, -0.1) is 0 Å².